The second-order valence-corrected chi connectivity index (χ2v) is 4.72. The molecule has 1 aliphatic heterocycles. The van der Waals surface area contributed by atoms with Crippen LogP contribution in [-0.4, -0.2) is 23.4 Å². The van der Waals surface area contributed by atoms with Crippen molar-refractivity contribution in [1.82, 2.24) is 5.16 Å². The first-order valence-corrected chi connectivity index (χ1v) is 5.13. The van der Waals surface area contributed by atoms with Gasteiger partial charge in [0.25, 0.3) is 0 Å². The predicted octanol–water partition coefficient (Wildman–Crippen LogP) is 1.55. The normalized spacial score (nSPS) is 15.1. The molecule has 88 valence electrons. The minimum Gasteiger partial charge on any atom is -0.443 e. The molecule has 0 aliphatic carbocycles. The molecule has 0 aromatic carbocycles. The lowest BCUT2D eigenvalue weighted by Crippen LogP contribution is -2.36. The molecule has 0 fully saturated rings. The van der Waals surface area contributed by atoms with Gasteiger partial charge in [0.05, 0.1) is 0 Å². The molecule has 2 N–H and O–H groups in total. The molecule has 0 saturated heterocycles. The number of nitrogens with two attached hydrogens (primary N) is 1. The number of nitrogen functional groups attached to an aromatic ring is 1. The third-order valence-electron chi connectivity index (χ3n) is 2.21. The van der Waals surface area contributed by atoms with Gasteiger partial charge in [0, 0.05) is 13.0 Å². The quantitative estimate of drug-likeness (QED) is 0.724. The average Bonchev–Trinajstić information content (AvgIpc) is 2.66. The first-order chi connectivity index (χ1) is 7.38. The van der Waals surface area contributed by atoms with Crippen LogP contribution in [0.2, 0.25) is 0 Å². The van der Waals surface area contributed by atoms with Crippen LogP contribution in [0, 0.1) is 0 Å². The number of hydrogen-bond donors (Lipinski definition) is 1. The number of fused-ring (bicyclic) bond motifs is 1. The summed E-state index contributed by atoms with van der Waals surface area (Å²) in [4.78, 5) is 13.3. The molecule has 0 unspecified atom stereocenters. The SMILES string of the molecule is CC(C)(C)OC(=O)N1CCc2onc(N)c21. The van der Waals surface area contributed by atoms with Crippen molar-refractivity contribution < 1.29 is 14.1 Å². The van der Waals surface area contributed by atoms with E-state index in [0.717, 1.165) is 0 Å². The molecule has 2 rings (SSSR count). The van der Waals surface area contributed by atoms with Gasteiger partial charge < -0.3 is 15.0 Å². The number of carbonyl (C=O) groups is 1. The first kappa shape index (κ1) is 10.8. The van der Waals surface area contributed by atoms with Crippen molar-refractivity contribution in [2.75, 3.05) is 17.2 Å². The lowest BCUT2D eigenvalue weighted by molar-refractivity contribution is 0.0584. The number of rotatable bonds is 0. The van der Waals surface area contributed by atoms with Gasteiger partial charge in [-0.3, -0.25) is 4.90 Å². The zero-order valence-corrected chi connectivity index (χ0v) is 9.61. The second-order valence-electron chi connectivity index (χ2n) is 4.72. The van der Waals surface area contributed by atoms with Gasteiger partial charge in [-0.1, -0.05) is 5.16 Å². The van der Waals surface area contributed by atoms with Gasteiger partial charge in [-0.05, 0) is 20.8 Å². The van der Waals surface area contributed by atoms with Crippen LogP contribution in [0.15, 0.2) is 4.52 Å². The Morgan fingerprint density at radius 1 is 1.56 bits per heavy atom. The van der Waals surface area contributed by atoms with Crippen LogP contribution in [0.1, 0.15) is 26.5 Å². The number of aromatic nitrogens is 1. The van der Waals surface area contributed by atoms with Gasteiger partial charge in [0.15, 0.2) is 11.6 Å². The van der Waals surface area contributed by atoms with E-state index < -0.39 is 11.7 Å². The van der Waals surface area contributed by atoms with E-state index in [1.165, 1.54) is 4.90 Å². The van der Waals surface area contributed by atoms with Gasteiger partial charge in [-0.25, -0.2) is 4.79 Å². The second kappa shape index (κ2) is 3.40. The molecule has 0 saturated carbocycles. The summed E-state index contributed by atoms with van der Waals surface area (Å²) in [5.41, 5.74) is 5.66. The Bertz CT molecular complexity index is 419. The molecule has 0 radical (unpaired) electrons. The molecule has 1 aliphatic rings. The summed E-state index contributed by atoms with van der Waals surface area (Å²) in [7, 11) is 0. The topological polar surface area (TPSA) is 81.6 Å². The number of anilines is 2. The Morgan fingerprint density at radius 3 is 2.88 bits per heavy atom. The van der Waals surface area contributed by atoms with E-state index in [4.69, 9.17) is 15.0 Å². The first-order valence-electron chi connectivity index (χ1n) is 5.13. The molecule has 6 heteroatoms. The van der Waals surface area contributed by atoms with E-state index in [2.05, 4.69) is 5.16 Å². The Hall–Kier alpha value is -1.72. The summed E-state index contributed by atoms with van der Waals surface area (Å²) in [6.45, 7) is 5.98. The zero-order chi connectivity index (χ0) is 11.9. The minimum absolute atomic E-state index is 0.235. The molecule has 6 nitrogen and oxygen atoms in total. The highest BCUT2D eigenvalue weighted by atomic mass is 16.6. The van der Waals surface area contributed by atoms with Crippen LogP contribution in [-0.2, 0) is 11.2 Å². The highest BCUT2D eigenvalue weighted by Gasteiger charge is 2.34. The predicted molar refractivity (Wildman–Crippen MR) is 58.2 cm³/mol. The molecule has 1 aromatic rings. The highest BCUT2D eigenvalue weighted by Crippen LogP contribution is 2.34. The molecule has 1 amide bonds. The number of ether oxygens (including phenoxy) is 1. The standard InChI is InChI=1S/C10H15N3O3/c1-10(2,3)15-9(14)13-5-4-6-7(13)8(11)12-16-6/h4-5H2,1-3H3,(H2,11,12). The smallest absolute Gasteiger partial charge is 0.415 e. The molecule has 0 bridgehead atoms. The van der Waals surface area contributed by atoms with E-state index in [1.807, 2.05) is 20.8 Å². The summed E-state index contributed by atoms with van der Waals surface area (Å²) in [5, 5.41) is 3.62. The fourth-order valence-corrected chi connectivity index (χ4v) is 1.61. The van der Waals surface area contributed by atoms with Gasteiger partial charge in [0.1, 0.15) is 11.3 Å². The Kier molecular flexibility index (Phi) is 2.29. The van der Waals surface area contributed by atoms with E-state index in [-0.39, 0.29) is 5.82 Å². The zero-order valence-electron chi connectivity index (χ0n) is 9.61. The molecular weight excluding hydrogens is 210 g/mol. The minimum atomic E-state index is -0.522. The van der Waals surface area contributed by atoms with Crippen LogP contribution in [0.3, 0.4) is 0 Å². The van der Waals surface area contributed by atoms with Gasteiger partial charge >= 0.3 is 6.09 Å². The van der Waals surface area contributed by atoms with Crippen molar-refractivity contribution in [3.05, 3.63) is 5.76 Å². The summed E-state index contributed by atoms with van der Waals surface area (Å²) in [6.07, 6.45) is 0.208. The summed E-state index contributed by atoms with van der Waals surface area (Å²) < 4.78 is 10.3. The van der Waals surface area contributed by atoms with Crippen molar-refractivity contribution >= 4 is 17.6 Å². The van der Waals surface area contributed by atoms with Gasteiger partial charge in [0.2, 0.25) is 0 Å². The molecule has 2 heterocycles. The van der Waals surface area contributed by atoms with Crippen molar-refractivity contribution in [2.24, 2.45) is 0 Å². The fraction of sp³-hybridized carbons (Fsp3) is 0.600. The molecule has 0 atom stereocenters. The lowest BCUT2D eigenvalue weighted by Gasteiger charge is -2.24. The molecule has 1 aromatic heterocycles. The monoisotopic (exact) mass is 225 g/mol. The average molecular weight is 225 g/mol. The Morgan fingerprint density at radius 2 is 2.25 bits per heavy atom. The van der Waals surface area contributed by atoms with Crippen LogP contribution < -0.4 is 10.6 Å². The van der Waals surface area contributed by atoms with Crippen molar-refractivity contribution in [3.63, 3.8) is 0 Å². The maximum absolute atomic E-state index is 11.9. The van der Waals surface area contributed by atoms with E-state index in [0.29, 0.717) is 24.4 Å². The van der Waals surface area contributed by atoms with Crippen LogP contribution >= 0.6 is 0 Å². The van der Waals surface area contributed by atoms with Crippen LogP contribution in [0.5, 0.6) is 0 Å². The maximum Gasteiger partial charge on any atom is 0.415 e. The summed E-state index contributed by atoms with van der Waals surface area (Å²) in [5.74, 6) is 0.877. The highest BCUT2D eigenvalue weighted by molar-refractivity contribution is 5.93. The summed E-state index contributed by atoms with van der Waals surface area (Å²) >= 11 is 0. The molecule has 16 heavy (non-hydrogen) atoms. The van der Waals surface area contributed by atoms with Crippen LogP contribution in [0.4, 0.5) is 16.3 Å². The molecular formula is C10H15N3O3. The third kappa shape index (κ3) is 1.82. The van der Waals surface area contributed by atoms with Crippen molar-refractivity contribution in [3.8, 4) is 0 Å². The van der Waals surface area contributed by atoms with E-state index in [9.17, 15) is 4.79 Å². The van der Waals surface area contributed by atoms with E-state index >= 15 is 0 Å². The lowest BCUT2D eigenvalue weighted by atomic mass is 10.2. The molecule has 0 spiro atoms. The third-order valence-corrected chi connectivity index (χ3v) is 2.21. The number of hydrogen-bond acceptors (Lipinski definition) is 5. The largest absolute Gasteiger partial charge is 0.443 e. The van der Waals surface area contributed by atoms with Gasteiger partial charge in [-0.15, -0.1) is 0 Å². The Balaban J connectivity index is 2.19. The number of amides is 1. The maximum atomic E-state index is 11.9. The number of nitrogens with zero attached hydrogens (tertiary/aromatic N) is 2. The van der Waals surface area contributed by atoms with Crippen molar-refractivity contribution in [2.45, 2.75) is 32.8 Å². The fourth-order valence-electron chi connectivity index (χ4n) is 1.61. The number of carbonyl (C=O) groups excluding carboxylic acids is 1. The van der Waals surface area contributed by atoms with Gasteiger partial charge in [-0.2, -0.15) is 0 Å². The van der Waals surface area contributed by atoms with Crippen molar-refractivity contribution in [1.29, 1.82) is 0 Å². The summed E-state index contributed by atoms with van der Waals surface area (Å²) in [6, 6.07) is 0. The van der Waals surface area contributed by atoms with Crippen LogP contribution in [0.25, 0.3) is 0 Å². The van der Waals surface area contributed by atoms with E-state index in [1.54, 1.807) is 0 Å². The Labute approximate surface area is 93.3 Å².